The van der Waals surface area contributed by atoms with Crippen LogP contribution in [0, 0.1) is 0 Å². The molecule has 0 spiro atoms. The Hall–Kier alpha value is -1.07. The van der Waals surface area contributed by atoms with Crippen molar-refractivity contribution in [2.75, 3.05) is 10.8 Å². The van der Waals surface area contributed by atoms with Crippen LogP contribution in [0.4, 0.5) is 5.69 Å². The molecule has 0 saturated heterocycles. The molecule has 1 rings (SSSR count). The summed E-state index contributed by atoms with van der Waals surface area (Å²) >= 11 is 0. The number of hydrogen-bond donors (Lipinski definition) is 1. The third-order valence-electron chi connectivity index (χ3n) is 2.48. The fourth-order valence-electron chi connectivity index (χ4n) is 1.80. The van der Waals surface area contributed by atoms with Gasteiger partial charge in [0.1, 0.15) is 0 Å². The summed E-state index contributed by atoms with van der Waals surface area (Å²) in [5, 5.41) is 0. The molecule has 0 unspecified atom stereocenters. The average molecular weight is 257 g/mol. The first-order valence-corrected chi connectivity index (χ1v) is 7.23. The van der Waals surface area contributed by atoms with Crippen LogP contribution in [0.5, 0.6) is 0 Å². The van der Waals surface area contributed by atoms with Crippen molar-refractivity contribution in [3.05, 3.63) is 29.8 Å². The highest BCUT2D eigenvalue weighted by atomic mass is 32.2. The molecule has 1 aromatic carbocycles. The van der Waals surface area contributed by atoms with Gasteiger partial charge in [-0.3, -0.25) is 4.55 Å². The Morgan fingerprint density at radius 3 is 2.35 bits per heavy atom. The number of anilines is 1. The van der Waals surface area contributed by atoms with Crippen LogP contribution in [0.3, 0.4) is 0 Å². The Morgan fingerprint density at radius 2 is 1.82 bits per heavy atom. The van der Waals surface area contributed by atoms with E-state index in [2.05, 4.69) is 0 Å². The molecule has 1 aromatic rings. The van der Waals surface area contributed by atoms with Crippen molar-refractivity contribution in [2.45, 2.75) is 33.1 Å². The van der Waals surface area contributed by atoms with E-state index in [1.54, 1.807) is 12.1 Å². The smallest absolute Gasteiger partial charge is 0.269 e. The van der Waals surface area contributed by atoms with Crippen LogP contribution >= 0.6 is 0 Å². The number of aryl methyl sites for hydroxylation is 1. The van der Waals surface area contributed by atoms with E-state index in [4.69, 9.17) is 0 Å². The summed E-state index contributed by atoms with van der Waals surface area (Å²) in [5.74, 6) is 0. The third-order valence-corrected chi connectivity index (χ3v) is 3.42. The Labute approximate surface area is 103 Å². The van der Waals surface area contributed by atoms with Gasteiger partial charge in [-0.05, 0) is 24.5 Å². The standard InChI is InChI=1S/C12H19NO3S/c1-3-7-11-8-5-6-9-12(11)13(10-4-2)17(14,15)16/h5-6,8-9H,3-4,7,10H2,1-2H3,(H,14,15,16). The molecule has 0 aliphatic heterocycles. The Bertz CT molecular complexity index is 457. The quantitative estimate of drug-likeness (QED) is 0.797. The van der Waals surface area contributed by atoms with Crippen molar-refractivity contribution in [1.29, 1.82) is 0 Å². The molecule has 0 atom stereocenters. The molecule has 5 heteroatoms. The van der Waals surface area contributed by atoms with Crippen molar-refractivity contribution < 1.29 is 13.0 Å². The van der Waals surface area contributed by atoms with Gasteiger partial charge in [-0.1, -0.05) is 38.5 Å². The molecule has 1 N–H and O–H groups in total. The van der Waals surface area contributed by atoms with Crippen molar-refractivity contribution >= 4 is 16.0 Å². The van der Waals surface area contributed by atoms with Gasteiger partial charge in [-0.25, -0.2) is 4.31 Å². The summed E-state index contributed by atoms with van der Waals surface area (Å²) < 4.78 is 33.0. The minimum Gasteiger partial charge on any atom is -0.269 e. The molecule has 17 heavy (non-hydrogen) atoms. The first-order valence-electron chi connectivity index (χ1n) is 5.83. The predicted molar refractivity (Wildman–Crippen MR) is 69.6 cm³/mol. The maximum Gasteiger partial charge on any atom is 0.359 e. The monoisotopic (exact) mass is 257 g/mol. The second-order valence-corrected chi connectivity index (χ2v) is 5.27. The number of para-hydroxylation sites is 1. The minimum absolute atomic E-state index is 0.291. The van der Waals surface area contributed by atoms with E-state index in [1.165, 1.54) is 0 Å². The van der Waals surface area contributed by atoms with E-state index in [1.807, 2.05) is 26.0 Å². The van der Waals surface area contributed by atoms with E-state index in [0.29, 0.717) is 18.7 Å². The van der Waals surface area contributed by atoms with Gasteiger partial charge in [-0.15, -0.1) is 0 Å². The second kappa shape index (κ2) is 6.02. The van der Waals surface area contributed by atoms with Crippen molar-refractivity contribution in [3.8, 4) is 0 Å². The Balaban J connectivity index is 3.18. The Morgan fingerprint density at radius 1 is 1.18 bits per heavy atom. The molecule has 0 radical (unpaired) electrons. The number of nitrogens with zero attached hydrogens (tertiary/aromatic N) is 1. The average Bonchev–Trinajstić information content (AvgIpc) is 2.26. The van der Waals surface area contributed by atoms with Crippen LogP contribution in [-0.2, 0) is 16.7 Å². The second-order valence-electron chi connectivity index (χ2n) is 3.93. The maximum absolute atomic E-state index is 11.4. The summed E-state index contributed by atoms with van der Waals surface area (Å²) in [6, 6.07) is 7.28. The largest absolute Gasteiger partial charge is 0.359 e. The van der Waals surface area contributed by atoms with Gasteiger partial charge in [-0.2, -0.15) is 8.42 Å². The van der Waals surface area contributed by atoms with Gasteiger partial charge in [0.25, 0.3) is 0 Å². The minimum atomic E-state index is -4.19. The SMILES string of the molecule is CCCc1ccccc1N(CCC)S(=O)(=O)O. The number of rotatable bonds is 6. The zero-order valence-electron chi connectivity index (χ0n) is 10.3. The van der Waals surface area contributed by atoms with E-state index in [-0.39, 0.29) is 0 Å². The lowest BCUT2D eigenvalue weighted by atomic mass is 10.1. The maximum atomic E-state index is 11.4. The molecule has 96 valence electrons. The van der Waals surface area contributed by atoms with Crippen LogP contribution in [0.15, 0.2) is 24.3 Å². The molecule has 0 fully saturated rings. The summed E-state index contributed by atoms with van der Waals surface area (Å²) in [7, 11) is -4.19. The molecule has 0 aliphatic carbocycles. The van der Waals surface area contributed by atoms with Gasteiger partial charge in [0, 0.05) is 6.54 Å². The highest BCUT2D eigenvalue weighted by Gasteiger charge is 2.20. The molecular formula is C12H19NO3S. The zero-order valence-corrected chi connectivity index (χ0v) is 11.1. The van der Waals surface area contributed by atoms with Gasteiger partial charge in [0.15, 0.2) is 0 Å². The highest BCUT2D eigenvalue weighted by Crippen LogP contribution is 2.24. The zero-order chi connectivity index (χ0) is 12.9. The molecule has 0 amide bonds. The van der Waals surface area contributed by atoms with E-state index in [9.17, 15) is 13.0 Å². The molecule has 0 heterocycles. The summed E-state index contributed by atoms with van der Waals surface area (Å²) in [5.41, 5.74) is 1.53. The van der Waals surface area contributed by atoms with Gasteiger partial charge in [0.05, 0.1) is 5.69 Å². The van der Waals surface area contributed by atoms with Crippen molar-refractivity contribution in [2.24, 2.45) is 0 Å². The Kier molecular flexibility index (Phi) is 4.96. The third kappa shape index (κ3) is 3.71. The summed E-state index contributed by atoms with van der Waals surface area (Å²) in [4.78, 5) is 0. The van der Waals surface area contributed by atoms with Crippen LogP contribution < -0.4 is 4.31 Å². The lowest BCUT2D eigenvalue weighted by molar-refractivity contribution is 0.477. The number of hydrogen-bond acceptors (Lipinski definition) is 2. The molecule has 4 nitrogen and oxygen atoms in total. The van der Waals surface area contributed by atoms with Gasteiger partial charge < -0.3 is 0 Å². The molecular weight excluding hydrogens is 238 g/mol. The van der Waals surface area contributed by atoms with Crippen LogP contribution in [0.2, 0.25) is 0 Å². The van der Waals surface area contributed by atoms with E-state index < -0.39 is 10.3 Å². The van der Waals surface area contributed by atoms with E-state index in [0.717, 1.165) is 22.7 Å². The van der Waals surface area contributed by atoms with E-state index >= 15 is 0 Å². The van der Waals surface area contributed by atoms with Gasteiger partial charge in [0.2, 0.25) is 0 Å². The first-order chi connectivity index (χ1) is 8.00. The fourth-order valence-corrected chi connectivity index (χ4v) is 2.64. The number of benzene rings is 1. The molecule has 0 bridgehead atoms. The predicted octanol–water partition coefficient (Wildman–Crippen LogP) is 2.66. The van der Waals surface area contributed by atoms with Gasteiger partial charge >= 0.3 is 10.3 Å². The lowest BCUT2D eigenvalue weighted by Gasteiger charge is -2.22. The topological polar surface area (TPSA) is 57.6 Å². The molecule has 0 saturated carbocycles. The lowest BCUT2D eigenvalue weighted by Crippen LogP contribution is -2.31. The normalized spacial score (nSPS) is 11.5. The van der Waals surface area contributed by atoms with Crippen molar-refractivity contribution in [3.63, 3.8) is 0 Å². The van der Waals surface area contributed by atoms with Crippen LogP contribution in [0.1, 0.15) is 32.3 Å². The fraction of sp³-hybridized carbons (Fsp3) is 0.500. The summed E-state index contributed by atoms with van der Waals surface area (Å²) in [6.45, 7) is 4.20. The molecule has 0 aliphatic rings. The first kappa shape index (κ1) is 14.0. The van der Waals surface area contributed by atoms with Crippen molar-refractivity contribution in [1.82, 2.24) is 0 Å². The summed E-state index contributed by atoms with van der Waals surface area (Å²) in [6.07, 6.45) is 2.38. The van der Waals surface area contributed by atoms with Crippen LogP contribution in [-0.4, -0.2) is 19.5 Å². The molecule has 0 aromatic heterocycles. The van der Waals surface area contributed by atoms with Crippen LogP contribution in [0.25, 0.3) is 0 Å². The highest BCUT2D eigenvalue weighted by molar-refractivity contribution is 7.87.